The number of hydrogen-bond donors (Lipinski definition) is 0. The fourth-order valence-corrected chi connectivity index (χ4v) is 8.89. The number of anilines is 3. The van der Waals surface area contributed by atoms with Crippen LogP contribution in [0.3, 0.4) is 0 Å². The van der Waals surface area contributed by atoms with Crippen molar-refractivity contribution in [3.63, 3.8) is 0 Å². The van der Waals surface area contributed by atoms with Crippen LogP contribution in [0, 0.1) is 0 Å². The van der Waals surface area contributed by atoms with E-state index in [2.05, 4.69) is 248 Å². The molecule has 0 amide bonds. The molecule has 0 spiro atoms. The first-order valence-electron chi connectivity index (χ1n) is 21.8. The first-order chi connectivity index (χ1) is 31.7. The maximum absolute atomic E-state index is 6.36. The number of hydrogen-bond acceptors (Lipinski definition) is 2. The molecule has 2 heteroatoms. The zero-order chi connectivity index (χ0) is 42.7. The van der Waals surface area contributed by atoms with Gasteiger partial charge in [0.05, 0.1) is 0 Å². The Bertz CT molecular complexity index is 3240. The summed E-state index contributed by atoms with van der Waals surface area (Å²) in [6.07, 6.45) is 0. The lowest BCUT2D eigenvalue weighted by Gasteiger charge is -2.26. The largest absolute Gasteiger partial charge is 0.456 e. The molecule has 10 aromatic carbocycles. The van der Waals surface area contributed by atoms with Gasteiger partial charge in [-0.05, 0) is 133 Å². The zero-order valence-corrected chi connectivity index (χ0v) is 35.2. The van der Waals surface area contributed by atoms with E-state index in [4.69, 9.17) is 4.42 Å². The van der Waals surface area contributed by atoms with Gasteiger partial charge in [-0.15, -0.1) is 0 Å². The standard InChI is InChI=1S/C62H43NO/c1-4-16-44(17-5-1)51-40-52(45-18-6-2-7-19-45)42-53(41-51)46-28-34-54(35-29-46)63(55-36-30-48(31-37-55)58-24-12-11-23-57(58)47-20-8-3-9-21-47)56-38-32-49(33-39-56)59-25-13-14-26-60(59)62-43-50-22-10-15-27-61(50)64-62/h1-43H. The number of benzene rings is 10. The van der Waals surface area contributed by atoms with Crippen molar-refractivity contribution in [2.24, 2.45) is 0 Å². The van der Waals surface area contributed by atoms with Gasteiger partial charge in [-0.25, -0.2) is 0 Å². The van der Waals surface area contributed by atoms with Crippen LogP contribution in [-0.4, -0.2) is 0 Å². The number of fused-ring (bicyclic) bond motifs is 1. The quantitative estimate of drug-likeness (QED) is 0.137. The number of furan rings is 1. The maximum Gasteiger partial charge on any atom is 0.136 e. The van der Waals surface area contributed by atoms with Gasteiger partial charge in [0.15, 0.2) is 0 Å². The molecule has 0 unspecified atom stereocenters. The molecule has 64 heavy (non-hydrogen) atoms. The molecule has 0 aliphatic rings. The highest BCUT2D eigenvalue weighted by Crippen LogP contribution is 2.42. The molecule has 0 fully saturated rings. The molecule has 0 aliphatic carbocycles. The van der Waals surface area contributed by atoms with Crippen LogP contribution in [0.1, 0.15) is 0 Å². The lowest BCUT2D eigenvalue weighted by Crippen LogP contribution is -2.09. The van der Waals surface area contributed by atoms with Crippen molar-refractivity contribution in [3.8, 4) is 78.1 Å². The van der Waals surface area contributed by atoms with Gasteiger partial charge < -0.3 is 9.32 Å². The molecular formula is C62H43NO. The molecular weight excluding hydrogens is 775 g/mol. The van der Waals surface area contributed by atoms with Crippen LogP contribution < -0.4 is 4.90 Å². The predicted octanol–water partition coefficient (Wildman–Crippen LogP) is 17.6. The van der Waals surface area contributed by atoms with E-state index in [1.165, 1.54) is 50.1 Å². The van der Waals surface area contributed by atoms with Crippen molar-refractivity contribution in [3.05, 3.63) is 261 Å². The van der Waals surface area contributed by atoms with Crippen LogP contribution in [0.15, 0.2) is 265 Å². The van der Waals surface area contributed by atoms with Gasteiger partial charge >= 0.3 is 0 Å². The Morgan fingerprint density at radius 2 is 0.562 bits per heavy atom. The smallest absolute Gasteiger partial charge is 0.136 e. The van der Waals surface area contributed by atoms with Crippen molar-refractivity contribution in [1.82, 2.24) is 0 Å². The molecule has 302 valence electrons. The Morgan fingerprint density at radius 3 is 1.02 bits per heavy atom. The fourth-order valence-electron chi connectivity index (χ4n) is 8.89. The van der Waals surface area contributed by atoms with E-state index in [-0.39, 0.29) is 0 Å². The highest BCUT2D eigenvalue weighted by atomic mass is 16.3. The van der Waals surface area contributed by atoms with Crippen molar-refractivity contribution in [2.75, 3.05) is 4.90 Å². The van der Waals surface area contributed by atoms with Gasteiger partial charge in [-0.1, -0.05) is 194 Å². The highest BCUT2D eigenvalue weighted by Gasteiger charge is 2.17. The van der Waals surface area contributed by atoms with Crippen molar-refractivity contribution in [1.29, 1.82) is 0 Å². The lowest BCUT2D eigenvalue weighted by atomic mass is 9.93. The second-order valence-corrected chi connectivity index (χ2v) is 16.1. The predicted molar refractivity (Wildman–Crippen MR) is 269 cm³/mol. The average molecular weight is 818 g/mol. The van der Waals surface area contributed by atoms with Gasteiger partial charge in [0.25, 0.3) is 0 Å². The monoisotopic (exact) mass is 817 g/mol. The number of nitrogens with zero attached hydrogens (tertiary/aromatic N) is 1. The van der Waals surface area contributed by atoms with Crippen LogP contribution in [0.25, 0.3) is 89.1 Å². The third kappa shape index (κ3) is 7.70. The first kappa shape index (κ1) is 38.5. The highest BCUT2D eigenvalue weighted by molar-refractivity contribution is 5.90. The third-order valence-corrected chi connectivity index (χ3v) is 12.1. The molecule has 0 saturated carbocycles. The molecule has 11 aromatic rings. The van der Waals surface area contributed by atoms with E-state index >= 15 is 0 Å². The molecule has 0 aliphatic heterocycles. The van der Waals surface area contributed by atoms with Crippen LogP contribution in [0.4, 0.5) is 17.1 Å². The Morgan fingerprint density at radius 1 is 0.234 bits per heavy atom. The van der Waals surface area contributed by atoms with Crippen molar-refractivity contribution >= 4 is 28.0 Å². The van der Waals surface area contributed by atoms with Gasteiger partial charge in [0.2, 0.25) is 0 Å². The Kier molecular flexibility index (Phi) is 10.3. The number of para-hydroxylation sites is 1. The summed E-state index contributed by atoms with van der Waals surface area (Å²) in [5.41, 5.74) is 19.3. The molecule has 0 radical (unpaired) electrons. The van der Waals surface area contributed by atoms with E-state index in [1.54, 1.807) is 0 Å². The summed E-state index contributed by atoms with van der Waals surface area (Å²) in [5.74, 6) is 0.863. The molecule has 0 atom stereocenters. The van der Waals surface area contributed by atoms with Crippen LogP contribution in [-0.2, 0) is 0 Å². The molecule has 2 nitrogen and oxygen atoms in total. The fraction of sp³-hybridized carbons (Fsp3) is 0. The minimum Gasteiger partial charge on any atom is -0.456 e. The van der Waals surface area contributed by atoms with Gasteiger partial charge in [0, 0.05) is 28.0 Å². The SMILES string of the molecule is c1ccc(-c2cc(-c3ccccc3)cc(-c3ccc(N(c4ccc(-c5ccccc5-c5ccccc5)cc4)c4ccc(-c5ccccc5-c5cc6ccccc6o5)cc4)cc3)c2)cc1. The van der Waals surface area contributed by atoms with E-state index in [0.717, 1.165) is 56.0 Å². The first-order valence-corrected chi connectivity index (χ1v) is 21.8. The Labute approximate surface area is 374 Å². The Balaban J connectivity index is 0.986. The van der Waals surface area contributed by atoms with E-state index in [0.29, 0.717) is 0 Å². The van der Waals surface area contributed by atoms with Crippen LogP contribution >= 0.6 is 0 Å². The summed E-state index contributed by atoms with van der Waals surface area (Å²) in [5, 5.41) is 1.10. The second kappa shape index (κ2) is 17.1. The maximum atomic E-state index is 6.36. The van der Waals surface area contributed by atoms with Gasteiger partial charge in [-0.3, -0.25) is 0 Å². The third-order valence-electron chi connectivity index (χ3n) is 12.1. The summed E-state index contributed by atoms with van der Waals surface area (Å²) in [7, 11) is 0. The zero-order valence-electron chi connectivity index (χ0n) is 35.2. The topological polar surface area (TPSA) is 16.4 Å². The molecule has 1 heterocycles. The molecule has 0 N–H and O–H groups in total. The van der Waals surface area contributed by atoms with E-state index in [1.807, 2.05) is 18.2 Å². The van der Waals surface area contributed by atoms with E-state index in [9.17, 15) is 0 Å². The van der Waals surface area contributed by atoms with E-state index < -0.39 is 0 Å². The molecule has 1 aromatic heterocycles. The molecule has 11 rings (SSSR count). The van der Waals surface area contributed by atoms with Crippen molar-refractivity contribution in [2.45, 2.75) is 0 Å². The number of rotatable bonds is 10. The Hall–Kier alpha value is -8.46. The normalized spacial score (nSPS) is 11.1. The van der Waals surface area contributed by atoms with Gasteiger partial charge in [0.1, 0.15) is 11.3 Å². The summed E-state index contributed by atoms with van der Waals surface area (Å²) >= 11 is 0. The van der Waals surface area contributed by atoms with Crippen LogP contribution in [0.2, 0.25) is 0 Å². The summed E-state index contributed by atoms with van der Waals surface area (Å²) in [6.45, 7) is 0. The lowest BCUT2D eigenvalue weighted by molar-refractivity contribution is 0.632. The second-order valence-electron chi connectivity index (χ2n) is 16.1. The summed E-state index contributed by atoms with van der Waals surface area (Å²) in [4.78, 5) is 2.35. The molecule has 0 saturated heterocycles. The van der Waals surface area contributed by atoms with Crippen LogP contribution in [0.5, 0.6) is 0 Å². The minimum atomic E-state index is 0.863. The summed E-state index contributed by atoms with van der Waals surface area (Å²) < 4.78 is 6.36. The average Bonchev–Trinajstić information content (AvgIpc) is 3.82. The summed E-state index contributed by atoms with van der Waals surface area (Å²) in [6, 6.07) is 93.2. The molecule has 0 bridgehead atoms. The van der Waals surface area contributed by atoms with Crippen molar-refractivity contribution < 1.29 is 4.42 Å². The minimum absolute atomic E-state index is 0.863. The van der Waals surface area contributed by atoms with Gasteiger partial charge in [-0.2, -0.15) is 0 Å².